The number of rotatable bonds is 5. The normalized spacial score (nSPS) is 12.7. The minimum Gasteiger partial charge on any atom is -0.508 e. The number of phenols is 1. The molecule has 0 heterocycles. The summed E-state index contributed by atoms with van der Waals surface area (Å²) in [4.78, 5) is 12.4. The third-order valence-corrected chi connectivity index (χ3v) is 2.73. The van der Waals surface area contributed by atoms with E-state index in [4.69, 9.17) is 5.11 Å². The number of likely N-dealkylation sites (N-methyl/N-ethyl adjacent to an activating group) is 1. The van der Waals surface area contributed by atoms with Gasteiger partial charge >= 0.3 is 5.97 Å². The highest BCUT2D eigenvalue weighted by atomic mass is 19.1. The van der Waals surface area contributed by atoms with Crippen molar-refractivity contribution in [3.8, 4) is 5.75 Å². The molecule has 0 spiro atoms. The fourth-order valence-electron chi connectivity index (χ4n) is 1.76. The number of hydrogen-bond donors (Lipinski definition) is 2. The monoisotopic (exact) mass is 241 g/mol. The zero-order chi connectivity index (χ0) is 13.0. The van der Waals surface area contributed by atoms with Gasteiger partial charge < -0.3 is 10.2 Å². The van der Waals surface area contributed by atoms with E-state index in [2.05, 4.69) is 0 Å². The first-order valence-corrected chi connectivity index (χ1v) is 5.40. The van der Waals surface area contributed by atoms with E-state index in [1.807, 2.05) is 6.92 Å². The van der Waals surface area contributed by atoms with Crippen LogP contribution in [-0.2, 0) is 4.79 Å². The molecular formula is C12H16FNO3. The Kier molecular flexibility index (Phi) is 4.45. The number of aromatic hydroxyl groups is 1. The number of halogens is 1. The van der Waals surface area contributed by atoms with E-state index in [1.54, 1.807) is 11.8 Å². The Morgan fingerprint density at radius 1 is 1.53 bits per heavy atom. The molecule has 0 fully saturated rings. The van der Waals surface area contributed by atoms with Gasteiger partial charge in [0.05, 0.1) is 6.54 Å². The molecule has 1 aromatic carbocycles. The largest absolute Gasteiger partial charge is 0.508 e. The minimum absolute atomic E-state index is 0.117. The van der Waals surface area contributed by atoms with Gasteiger partial charge in [-0.3, -0.25) is 9.69 Å². The molecule has 0 saturated carbocycles. The van der Waals surface area contributed by atoms with E-state index in [0.29, 0.717) is 12.1 Å². The lowest BCUT2D eigenvalue weighted by molar-refractivity contribution is -0.138. The maximum Gasteiger partial charge on any atom is 0.317 e. The van der Waals surface area contributed by atoms with Crippen molar-refractivity contribution in [2.75, 3.05) is 13.1 Å². The van der Waals surface area contributed by atoms with E-state index in [9.17, 15) is 14.3 Å². The van der Waals surface area contributed by atoms with Crippen LogP contribution in [0.1, 0.15) is 25.5 Å². The van der Waals surface area contributed by atoms with Crippen LogP contribution in [0.2, 0.25) is 0 Å². The van der Waals surface area contributed by atoms with Crippen LogP contribution in [0.25, 0.3) is 0 Å². The number of carboxylic acids is 1. The van der Waals surface area contributed by atoms with E-state index < -0.39 is 11.8 Å². The van der Waals surface area contributed by atoms with Gasteiger partial charge in [-0.05, 0) is 19.5 Å². The van der Waals surface area contributed by atoms with Crippen LogP contribution < -0.4 is 0 Å². The summed E-state index contributed by atoms with van der Waals surface area (Å²) in [6.45, 7) is 4.03. The van der Waals surface area contributed by atoms with Gasteiger partial charge in [0.1, 0.15) is 11.6 Å². The number of carbonyl (C=O) groups is 1. The summed E-state index contributed by atoms with van der Waals surface area (Å²) in [6, 6.07) is 3.47. The Hall–Kier alpha value is -1.62. The fraction of sp³-hybridized carbons (Fsp3) is 0.417. The predicted molar refractivity (Wildman–Crippen MR) is 61.4 cm³/mol. The van der Waals surface area contributed by atoms with Gasteiger partial charge in [0.25, 0.3) is 0 Å². The lowest BCUT2D eigenvalue weighted by Crippen LogP contribution is -2.32. The van der Waals surface area contributed by atoms with Gasteiger partial charge in [-0.15, -0.1) is 0 Å². The third kappa shape index (κ3) is 3.42. The van der Waals surface area contributed by atoms with Crippen LogP contribution in [0.15, 0.2) is 18.2 Å². The SMILES string of the molecule is CCN(CC(=O)O)C(C)c1ccc(F)cc1O. The molecule has 1 atom stereocenters. The molecule has 17 heavy (non-hydrogen) atoms. The Balaban J connectivity index is 2.93. The van der Waals surface area contributed by atoms with Crippen molar-refractivity contribution in [2.45, 2.75) is 19.9 Å². The summed E-state index contributed by atoms with van der Waals surface area (Å²) >= 11 is 0. The Morgan fingerprint density at radius 2 is 2.18 bits per heavy atom. The van der Waals surface area contributed by atoms with Crippen LogP contribution >= 0.6 is 0 Å². The molecule has 0 saturated heterocycles. The van der Waals surface area contributed by atoms with Gasteiger partial charge in [-0.25, -0.2) is 4.39 Å². The first-order valence-electron chi connectivity index (χ1n) is 5.40. The maximum atomic E-state index is 12.8. The number of phenolic OH excluding ortho intramolecular Hbond substituents is 1. The minimum atomic E-state index is -0.930. The molecule has 0 amide bonds. The van der Waals surface area contributed by atoms with Gasteiger partial charge in [-0.1, -0.05) is 13.0 Å². The molecule has 4 nitrogen and oxygen atoms in total. The van der Waals surface area contributed by atoms with Gasteiger partial charge in [0, 0.05) is 17.7 Å². The highest BCUT2D eigenvalue weighted by molar-refractivity contribution is 5.69. The summed E-state index contributed by atoms with van der Waals surface area (Å²) in [6.07, 6.45) is 0. The molecule has 0 bridgehead atoms. The molecular weight excluding hydrogens is 225 g/mol. The molecule has 1 rings (SSSR count). The van der Waals surface area contributed by atoms with Crippen LogP contribution in [0, 0.1) is 5.82 Å². The Morgan fingerprint density at radius 3 is 2.65 bits per heavy atom. The number of carboxylic acid groups (broad SMARTS) is 1. The highest BCUT2D eigenvalue weighted by Crippen LogP contribution is 2.28. The lowest BCUT2D eigenvalue weighted by atomic mass is 10.1. The van der Waals surface area contributed by atoms with Crippen molar-refractivity contribution in [3.05, 3.63) is 29.6 Å². The lowest BCUT2D eigenvalue weighted by Gasteiger charge is -2.26. The highest BCUT2D eigenvalue weighted by Gasteiger charge is 2.19. The zero-order valence-electron chi connectivity index (χ0n) is 9.85. The summed E-state index contributed by atoms with van der Waals surface area (Å²) < 4.78 is 12.8. The van der Waals surface area contributed by atoms with Crippen molar-refractivity contribution in [1.29, 1.82) is 0 Å². The molecule has 1 unspecified atom stereocenters. The van der Waals surface area contributed by atoms with E-state index in [1.165, 1.54) is 12.1 Å². The Bertz CT molecular complexity index is 409. The number of benzene rings is 1. The average Bonchev–Trinajstić information content (AvgIpc) is 2.24. The first kappa shape index (κ1) is 13.4. The van der Waals surface area contributed by atoms with Gasteiger partial charge in [0.2, 0.25) is 0 Å². The molecule has 0 aromatic heterocycles. The predicted octanol–water partition coefficient (Wildman–Crippen LogP) is 2.00. The second-order valence-corrected chi connectivity index (χ2v) is 3.84. The first-order chi connectivity index (χ1) is 7.95. The van der Waals surface area contributed by atoms with E-state index in [0.717, 1.165) is 6.07 Å². The summed E-state index contributed by atoms with van der Waals surface area (Å²) in [5, 5.41) is 18.4. The van der Waals surface area contributed by atoms with Crippen molar-refractivity contribution in [2.24, 2.45) is 0 Å². The topological polar surface area (TPSA) is 60.8 Å². The smallest absolute Gasteiger partial charge is 0.317 e. The second-order valence-electron chi connectivity index (χ2n) is 3.84. The number of aliphatic carboxylic acids is 1. The van der Waals surface area contributed by atoms with Gasteiger partial charge in [0.15, 0.2) is 0 Å². The molecule has 2 N–H and O–H groups in total. The van der Waals surface area contributed by atoms with Crippen molar-refractivity contribution in [3.63, 3.8) is 0 Å². The van der Waals surface area contributed by atoms with Crippen LogP contribution in [-0.4, -0.2) is 34.2 Å². The molecule has 0 aliphatic carbocycles. The van der Waals surface area contributed by atoms with E-state index in [-0.39, 0.29) is 18.3 Å². The molecule has 0 radical (unpaired) electrons. The van der Waals surface area contributed by atoms with Gasteiger partial charge in [-0.2, -0.15) is 0 Å². The van der Waals surface area contributed by atoms with Crippen molar-refractivity contribution in [1.82, 2.24) is 4.90 Å². The molecule has 5 heteroatoms. The summed E-state index contributed by atoms with van der Waals surface area (Å²) in [7, 11) is 0. The summed E-state index contributed by atoms with van der Waals surface area (Å²) in [5.74, 6) is -1.60. The van der Waals surface area contributed by atoms with Crippen LogP contribution in [0.4, 0.5) is 4.39 Å². The summed E-state index contributed by atoms with van der Waals surface area (Å²) in [5.41, 5.74) is 0.523. The van der Waals surface area contributed by atoms with Crippen molar-refractivity contribution >= 4 is 5.97 Å². The zero-order valence-corrected chi connectivity index (χ0v) is 9.85. The number of hydrogen-bond acceptors (Lipinski definition) is 3. The third-order valence-electron chi connectivity index (χ3n) is 2.73. The fourth-order valence-corrected chi connectivity index (χ4v) is 1.76. The second kappa shape index (κ2) is 5.63. The maximum absolute atomic E-state index is 12.8. The van der Waals surface area contributed by atoms with E-state index >= 15 is 0 Å². The van der Waals surface area contributed by atoms with Crippen molar-refractivity contribution < 1.29 is 19.4 Å². The molecule has 1 aromatic rings. The molecule has 94 valence electrons. The quantitative estimate of drug-likeness (QED) is 0.827. The number of nitrogens with zero attached hydrogens (tertiary/aromatic N) is 1. The standard InChI is InChI=1S/C12H16FNO3/c1-3-14(7-12(16)17)8(2)10-5-4-9(13)6-11(10)15/h4-6,8,15H,3,7H2,1-2H3,(H,16,17). The molecule has 0 aliphatic rings. The average molecular weight is 241 g/mol. The van der Waals surface area contributed by atoms with Crippen LogP contribution in [0.5, 0.6) is 5.75 Å². The van der Waals surface area contributed by atoms with Crippen LogP contribution in [0.3, 0.4) is 0 Å². The molecule has 0 aliphatic heterocycles. The Labute approximate surface area is 99.3 Å².